The van der Waals surface area contributed by atoms with Crippen LogP contribution >= 0.6 is 11.6 Å². The second-order valence-corrected chi connectivity index (χ2v) is 10.9. The van der Waals surface area contributed by atoms with Crippen LogP contribution < -0.4 is 14.5 Å². The topological polar surface area (TPSA) is 84.0 Å². The molecule has 4 aliphatic carbocycles. The maximum Gasteiger partial charge on any atom is 0.316 e. The van der Waals surface area contributed by atoms with Gasteiger partial charge in [0.2, 0.25) is 17.7 Å². The normalized spacial score (nSPS) is 33.7. The molecule has 2 saturated heterocycles. The molecule has 2 aromatic rings. The number of rotatable bonds is 4. The Balaban J connectivity index is 1.07. The highest BCUT2D eigenvalue weighted by Gasteiger charge is 2.67. The Kier molecular flexibility index (Phi) is 4.71. The minimum atomic E-state index is -0.622. The van der Waals surface area contributed by atoms with Gasteiger partial charge in [0, 0.05) is 29.7 Å². The number of anilines is 2. The molecule has 0 spiro atoms. The first-order valence-electron chi connectivity index (χ1n) is 12.3. The van der Waals surface area contributed by atoms with Gasteiger partial charge in [-0.3, -0.25) is 19.2 Å². The van der Waals surface area contributed by atoms with Gasteiger partial charge in [0.05, 0.1) is 23.4 Å². The van der Waals surface area contributed by atoms with Gasteiger partial charge in [-0.05, 0) is 66.5 Å². The number of hydrogen-bond acceptors (Lipinski definition) is 5. The number of nitrogens with zero attached hydrogens (tertiary/aromatic N) is 2. The van der Waals surface area contributed by atoms with Gasteiger partial charge < -0.3 is 9.64 Å². The molecule has 2 heterocycles. The predicted octanol–water partition coefficient (Wildman–Crippen LogP) is 3.86. The molecule has 2 saturated carbocycles. The van der Waals surface area contributed by atoms with Crippen LogP contribution in [0.15, 0.2) is 60.7 Å². The Morgan fingerprint density at radius 1 is 0.889 bits per heavy atom. The van der Waals surface area contributed by atoms with Gasteiger partial charge in [-0.25, -0.2) is 4.90 Å². The Hall–Kier alpha value is -3.45. The van der Waals surface area contributed by atoms with Gasteiger partial charge in [-0.1, -0.05) is 29.8 Å². The first kappa shape index (κ1) is 21.8. The van der Waals surface area contributed by atoms with Gasteiger partial charge >= 0.3 is 5.97 Å². The van der Waals surface area contributed by atoms with Crippen LogP contribution in [0, 0.1) is 41.4 Å². The molecule has 7 atom stereocenters. The molecule has 8 rings (SSSR count). The fraction of sp³-hybridized carbons (Fsp3) is 0.357. The molecule has 2 aromatic carbocycles. The fourth-order valence-corrected chi connectivity index (χ4v) is 6.96. The molecule has 182 valence electrons. The molecule has 0 radical (unpaired) electrons. The maximum absolute atomic E-state index is 13.4. The lowest BCUT2D eigenvalue weighted by Crippen LogP contribution is -2.40. The van der Waals surface area contributed by atoms with E-state index in [-0.39, 0.29) is 60.1 Å². The van der Waals surface area contributed by atoms with Crippen molar-refractivity contribution < 1.29 is 23.9 Å². The van der Waals surface area contributed by atoms with Crippen molar-refractivity contribution in [2.75, 3.05) is 16.3 Å². The van der Waals surface area contributed by atoms with Gasteiger partial charge in [-0.15, -0.1) is 0 Å². The number of imide groups is 1. The molecule has 4 fully saturated rings. The van der Waals surface area contributed by atoms with Crippen molar-refractivity contribution in [3.8, 4) is 5.75 Å². The summed E-state index contributed by atoms with van der Waals surface area (Å²) in [7, 11) is 0. The summed E-state index contributed by atoms with van der Waals surface area (Å²) in [5.41, 5.74) is 1.10. The standard InChI is InChI=1S/C28H23ClN2O5/c29-15-4-6-16(7-5-15)30-13-14(10-23(30)32)28(35)36-18-3-1-2-17(11-18)31-26(33)24-19-8-9-20(22-12-21(19)22)25(24)27(31)34/h1-9,11,14,19-22,24-25H,10,12-13H2/t14-,19+,20+,21-,22+,24-,25+/m1/s1. The summed E-state index contributed by atoms with van der Waals surface area (Å²) in [6.07, 6.45) is 5.44. The highest BCUT2D eigenvalue weighted by Crippen LogP contribution is 2.65. The van der Waals surface area contributed by atoms with E-state index in [0.29, 0.717) is 28.2 Å². The first-order chi connectivity index (χ1) is 17.4. The lowest BCUT2D eigenvalue weighted by Gasteiger charge is -2.37. The summed E-state index contributed by atoms with van der Waals surface area (Å²) in [6.45, 7) is 0.212. The number of ether oxygens (including phenoxy) is 1. The van der Waals surface area contributed by atoms with Crippen molar-refractivity contribution in [1.29, 1.82) is 0 Å². The highest BCUT2D eigenvalue weighted by molar-refractivity contribution is 6.30. The van der Waals surface area contributed by atoms with E-state index in [1.807, 2.05) is 0 Å². The number of amides is 3. The Labute approximate surface area is 212 Å². The van der Waals surface area contributed by atoms with Crippen LogP contribution in [0.1, 0.15) is 12.8 Å². The lowest BCUT2D eigenvalue weighted by atomic mass is 9.63. The molecule has 0 aromatic heterocycles. The Bertz CT molecular complexity index is 1320. The molecule has 0 unspecified atom stereocenters. The number of halogens is 1. The molecule has 2 bridgehead atoms. The second kappa shape index (κ2) is 7.77. The Morgan fingerprint density at radius 2 is 1.56 bits per heavy atom. The van der Waals surface area contributed by atoms with Crippen LogP contribution in [0.25, 0.3) is 0 Å². The van der Waals surface area contributed by atoms with Gasteiger partial charge in [0.15, 0.2) is 0 Å². The molecule has 7 nitrogen and oxygen atoms in total. The van der Waals surface area contributed by atoms with E-state index in [9.17, 15) is 19.2 Å². The summed E-state index contributed by atoms with van der Waals surface area (Å²) < 4.78 is 5.62. The third-order valence-corrected chi connectivity index (χ3v) is 8.81. The largest absolute Gasteiger partial charge is 0.426 e. The zero-order valence-corrected chi connectivity index (χ0v) is 20.0. The smallest absolute Gasteiger partial charge is 0.316 e. The van der Waals surface area contributed by atoms with Crippen LogP contribution in [0.3, 0.4) is 0 Å². The quantitative estimate of drug-likeness (QED) is 0.274. The highest BCUT2D eigenvalue weighted by atomic mass is 35.5. The summed E-state index contributed by atoms with van der Waals surface area (Å²) >= 11 is 5.94. The molecule has 36 heavy (non-hydrogen) atoms. The van der Waals surface area contributed by atoms with Gasteiger partial charge in [0.1, 0.15) is 5.75 Å². The van der Waals surface area contributed by atoms with E-state index in [0.717, 1.165) is 6.42 Å². The maximum atomic E-state index is 13.4. The minimum Gasteiger partial charge on any atom is -0.426 e. The fourth-order valence-electron chi connectivity index (χ4n) is 6.83. The summed E-state index contributed by atoms with van der Waals surface area (Å²) in [5, 5.41) is 0.566. The summed E-state index contributed by atoms with van der Waals surface area (Å²) in [5.74, 6) is -0.576. The zero-order chi connectivity index (χ0) is 24.7. The van der Waals surface area contributed by atoms with E-state index < -0.39 is 11.9 Å². The van der Waals surface area contributed by atoms with Crippen molar-refractivity contribution in [2.24, 2.45) is 41.4 Å². The average Bonchev–Trinajstić information content (AvgIpc) is 3.55. The van der Waals surface area contributed by atoms with Crippen molar-refractivity contribution >= 4 is 46.7 Å². The monoisotopic (exact) mass is 502 g/mol. The van der Waals surface area contributed by atoms with E-state index >= 15 is 0 Å². The van der Waals surface area contributed by atoms with Crippen LogP contribution in [0.4, 0.5) is 11.4 Å². The predicted molar refractivity (Wildman–Crippen MR) is 131 cm³/mol. The van der Waals surface area contributed by atoms with Crippen LogP contribution in [-0.4, -0.2) is 30.2 Å². The molecule has 3 amide bonds. The second-order valence-electron chi connectivity index (χ2n) is 10.5. The molecule has 2 aliphatic heterocycles. The average molecular weight is 503 g/mol. The van der Waals surface area contributed by atoms with Gasteiger partial charge in [0.25, 0.3) is 0 Å². The molecule has 8 heteroatoms. The number of benzene rings is 2. The summed E-state index contributed by atoms with van der Waals surface area (Å²) in [4.78, 5) is 55.1. The van der Waals surface area contributed by atoms with E-state index in [1.54, 1.807) is 53.4 Å². The van der Waals surface area contributed by atoms with Crippen molar-refractivity contribution in [2.45, 2.75) is 12.8 Å². The minimum absolute atomic E-state index is 0.0473. The van der Waals surface area contributed by atoms with Gasteiger partial charge in [-0.2, -0.15) is 0 Å². The molecular formula is C28H23ClN2O5. The number of esters is 1. The van der Waals surface area contributed by atoms with E-state index in [2.05, 4.69) is 12.2 Å². The third kappa shape index (κ3) is 3.18. The number of hydrogen-bond donors (Lipinski definition) is 0. The van der Waals surface area contributed by atoms with Crippen LogP contribution in [0.2, 0.25) is 5.02 Å². The van der Waals surface area contributed by atoms with E-state index in [1.165, 1.54) is 4.90 Å². The first-order valence-corrected chi connectivity index (χ1v) is 12.7. The van der Waals surface area contributed by atoms with Crippen molar-refractivity contribution in [3.05, 3.63) is 65.7 Å². The molecule has 6 aliphatic rings. The van der Waals surface area contributed by atoms with Crippen molar-refractivity contribution in [3.63, 3.8) is 0 Å². The van der Waals surface area contributed by atoms with Crippen LogP contribution in [0.5, 0.6) is 5.75 Å². The molecule has 0 N–H and O–H groups in total. The number of allylic oxidation sites excluding steroid dienone is 2. The molecular weight excluding hydrogens is 480 g/mol. The van der Waals surface area contributed by atoms with E-state index in [4.69, 9.17) is 16.3 Å². The van der Waals surface area contributed by atoms with Crippen LogP contribution in [-0.2, 0) is 19.2 Å². The summed E-state index contributed by atoms with van der Waals surface area (Å²) in [6, 6.07) is 13.4. The Morgan fingerprint density at radius 3 is 2.22 bits per heavy atom. The number of carbonyl (C=O) groups is 4. The zero-order valence-electron chi connectivity index (χ0n) is 19.2. The SMILES string of the molecule is O=C(Oc1cccc(N2C(=O)[C@@H]3[C@H]4C=C[C@@H]([C@@H]5C[C@H]45)[C@@H]3C2=O)c1)[C@@H]1CC(=O)N(c2ccc(Cl)cc2)C1. The lowest BCUT2D eigenvalue weighted by molar-refractivity contribution is -0.139. The number of carbonyl (C=O) groups excluding carboxylic acids is 4. The van der Waals surface area contributed by atoms with Crippen molar-refractivity contribution in [1.82, 2.24) is 0 Å². The third-order valence-electron chi connectivity index (χ3n) is 8.55.